The maximum atomic E-state index is 13.6. The van der Waals surface area contributed by atoms with Gasteiger partial charge in [0.25, 0.3) is 0 Å². The summed E-state index contributed by atoms with van der Waals surface area (Å²) in [4.78, 5) is 15.3. The minimum atomic E-state index is -4.39. The zero-order valence-electron chi connectivity index (χ0n) is 24.0. The molecule has 1 aliphatic heterocycles. The second-order valence-electron chi connectivity index (χ2n) is 10.4. The van der Waals surface area contributed by atoms with Gasteiger partial charge in [-0.15, -0.1) is 0 Å². The Bertz CT molecular complexity index is 1400. The lowest BCUT2D eigenvalue weighted by atomic mass is 10.0. The van der Waals surface area contributed by atoms with Gasteiger partial charge in [-0.2, -0.15) is 13.2 Å². The molecule has 0 saturated carbocycles. The third-order valence-electron chi connectivity index (χ3n) is 7.47. The van der Waals surface area contributed by atoms with Gasteiger partial charge >= 0.3 is 6.18 Å². The van der Waals surface area contributed by atoms with Gasteiger partial charge in [-0.1, -0.05) is 12.0 Å². The van der Waals surface area contributed by atoms with Crippen molar-refractivity contribution in [2.75, 3.05) is 48.8 Å². The molecule has 10 heteroatoms. The van der Waals surface area contributed by atoms with Gasteiger partial charge in [0.2, 0.25) is 6.41 Å². The number of methoxy groups -OCH3 is 1. The fourth-order valence-electron chi connectivity index (χ4n) is 5.24. The molecule has 1 amide bonds. The molecule has 0 spiro atoms. The number of hydrogen-bond donors (Lipinski definition) is 2. The van der Waals surface area contributed by atoms with E-state index in [0.29, 0.717) is 40.9 Å². The standard InChI is InChI=1S/C31H38F3N5O2/c1-5-37(21-40)24-11-12-28(30(19-24)41-4)35-15-7-8-25-18-26-27(36-23-13-16-38(17-14-23)22(2)3)9-6-10-29(26)39(25)20-31(32,33)34/h6,9-12,18-19,21-23,35-36H,5,13-17,20H2,1-4H3. The molecule has 7 nitrogen and oxygen atoms in total. The number of fused-ring (bicyclic) bond motifs is 1. The summed E-state index contributed by atoms with van der Waals surface area (Å²) in [7, 11) is 1.53. The Morgan fingerprint density at radius 2 is 1.90 bits per heavy atom. The number of carbonyl (C=O) groups is 1. The van der Waals surface area contributed by atoms with Gasteiger partial charge < -0.3 is 29.7 Å². The first-order chi connectivity index (χ1) is 19.6. The van der Waals surface area contributed by atoms with Crippen molar-refractivity contribution in [1.29, 1.82) is 0 Å². The molecule has 220 valence electrons. The third kappa shape index (κ3) is 7.47. The largest absolute Gasteiger partial charge is 0.495 e. The molecule has 2 N–H and O–H groups in total. The van der Waals surface area contributed by atoms with Crippen molar-refractivity contribution in [3.05, 3.63) is 48.2 Å². The monoisotopic (exact) mass is 569 g/mol. The summed E-state index contributed by atoms with van der Waals surface area (Å²) >= 11 is 0. The summed E-state index contributed by atoms with van der Waals surface area (Å²) in [6, 6.07) is 13.3. The first-order valence-electron chi connectivity index (χ1n) is 14.0. The first kappa shape index (κ1) is 30.1. The molecule has 4 rings (SSSR count). The summed E-state index contributed by atoms with van der Waals surface area (Å²) < 4.78 is 47.5. The molecule has 1 saturated heterocycles. The van der Waals surface area contributed by atoms with Gasteiger partial charge in [-0.05, 0) is 69.9 Å². The number of rotatable bonds is 10. The lowest BCUT2D eigenvalue weighted by Crippen LogP contribution is -2.42. The number of hydrogen-bond acceptors (Lipinski definition) is 5. The van der Waals surface area contributed by atoms with E-state index in [4.69, 9.17) is 4.74 Å². The summed E-state index contributed by atoms with van der Waals surface area (Å²) in [5, 5.41) is 7.48. The number of carbonyl (C=O) groups excluding carboxylic acids is 1. The summed E-state index contributed by atoms with van der Waals surface area (Å²) in [5.41, 5.74) is 2.99. The van der Waals surface area contributed by atoms with Gasteiger partial charge in [-0.25, -0.2) is 0 Å². The number of anilines is 3. The number of benzene rings is 2. The van der Waals surface area contributed by atoms with Crippen LogP contribution in [0.4, 0.5) is 30.2 Å². The number of amides is 1. The van der Waals surface area contributed by atoms with E-state index in [2.05, 4.69) is 41.2 Å². The Balaban J connectivity index is 1.55. The normalized spacial score (nSPS) is 14.5. The minimum absolute atomic E-state index is 0.188. The predicted octanol–water partition coefficient (Wildman–Crippen LogP) is 5.94. The van der Waals surface area contributed by atoms with Crippen LogP contribution in [0.1, 0.15) is 39.3 Å². The highest BCUT2D eigenvalue weighted by Crippen LogP contribution is 2.32. The number of ether oxygens (including phenoxy) is 1. The molecule has 3 aromatic rings. The van der Waals surface area contributed by atoms with E-state index in [1.165, 1.54) is 11.7 Å². The van der Waals surface area contributed by atoms with Crippen molar-refractivity contribution >= 4 is 34.4 Å². The van der Waals surface area contributed by atoms with Gasteiger partial charge in [0, 0.05) is 54.5 Å². The van der Waals surface area contributed by atoms with Crippen molar-refractivity contribution in [2.24, 2.45) is 0 Å². The van der Waals surface area contributed by atoms with E-state index in [1.54, 1.807) is 41.3 Å². The van der Waals surface area contributed by atoms with Crippen LogP contribution in [0.25, 0.3) is 10.9 Å². The van der Waals surface area contributed by atoms with E-state index in [1.807, 2.05) is 13.0 Å². The summed E-state index contributed by atoms with van der Waals surface area (Å²) in [6.07, 6.45) is -1.68. The van der Waals surface area contributed by atoms with Gasteiger partial charge in [0.1, 0.15) is 12.3 Å². The molecule has 2 heterocycles. The van der Waals surface area contributed by atoms with Crippen LogP contribution in [0, 0.1) is 11.8 Å². The van der Waals surface area contributed by atoms with E-state index in [9.17, 15) is 18.0 Å². The molecule has 2 aromatic carbocycles. The first-order valence-corrected chi connectivity index (χ1v) is 14.0. The van der Waals surface area contributed by atoms with Crippen molar-refractivity contribution < 1.29 is 22.7 Å². The Morgan fingerprint density at radius 3 is 2.54 bits per heavy atom. The second-order valence-corrected chi connectivity index (χ2v) is 10.4. The average Bonchev–Trinajstić information content (AvgIpc) is 3.29. The third-order valence-corrected chi connectivity index (χ3v) is 7.47. The van der Waals surface area contributed by atoms with Gasteiger partial charge in [0.05, 0.1) is 30.6 Å². The van der Waals surface area contributed by atoms with E-state index in [0.717, 1.165) is 43.4 Å². The fourth-order valence-corrected chi connectivity index (χ4v) is 5.24. The molecule has 1 fully saturated rings. The van der Waals surface area contributed by atoms with E-state index >= 15 is 0 Å². The number of halogens is 3. The lowest BCUT2D eigenvalue weighted by Gasteiger charge is -2.35. The van der Waals surface area contributed by atoms with Crippen LogP contribution >= 0.6 is 0 Å². The van der Waals surface area contributed by atoms with Crippen LogP contribution in [0.2, 0.25) is 0 Å². The molecule has 1 aromatic heterocycles. The molecule has 0 radical (unpaired) electrons. The highest BCUT2D eigenvalue weighted by atomic mass is 19.4. The number of aromatic nitrogens is 1. The predicted molar refractivity (Wildman–Crippen MR) is 159 cm³/mol. The number of nitrogens with zero attached hydrogens (tertiary/aromatic N) is 3. The molecule has 0 bridgehead atoms. The Hall–Kier alpha value is -3.84. The number of alkyl halides is 3. The maximum Gasteiger partial charge on any atom is 0.406 e. The highest BCUT2D eigenvalue weighted by Gasteiger charge is 2.30. The second kappa shape index (κ2) is 13.2. The Labute approximate surface area is 239 Å². The Kier molecular flexibility index (Phi) is 9.71. The molecule has 0 unspecified atom stereocenters. The fraction of sp³-hybridized carbons (Fsp3) is 0.452. The van der Waals surface area contributed by atoms with Crippen LogP contribution in [0.15, 0.2) is 42.5 Å². The highest BCUT2D eigenvalue weighted by molar-refractivity contribution is 5.94. The van der Waals surface area contributed by atoms with E-state index < -0.39 is 12.7 Å². The van der Waals surface area contributed by atoms with Crippen molar-refractivity contribution in [3.8, 4) is 17.6 Å². The van der Waals surface area contributed by atoms with Crippen molar-refractivity contribution in [1.82, 2.24) is 9.47 Å². The number of piperidine rings is 1. The van der Waals surface area contributed by atoms with E-state index in [-0.39, 0.29) is 12.6 Å². The zero-order chi connectivity index (χ0) is 29.6. The van der Waals surface area contributed by atoms with Crippen LogP contribution in [-0.4, -0.2) is 67.4 Å². The van der Waals surface area contributed by atoms with Crippen LogP contribution in [-0.2, 0) is 11.3 Å². The van der Waals surface area contributed by atoms with Crippen LogP contribution in [0.5, 0.6) is 5.75 Å². The average molecular weight is 570 g/mol. The van der Waals surface area contributed by atoms with Crippen molar-refractivity contribution in [3.63, 3.8) is 0 Å². The Morgan fingerprint density at radius 1 is 1.15 bits per heavy atom. The van der Waals surface area contributed by atoms with Gasteiger partial charge in [-0.3, -0.25) is 4.79 Å². The maximum absolute atomic E-state index is 13.6. The number of nitrogens with one attached hydrogen (secondary N) is 2. The summed E-state index contributed by atoms with van der Waals surface area (Å²) in [5.74, 6) is 6.45. The molecular weight excluding hydrogens is 531 g/mol. The lowest BCUT2D eigenvalue weighted by molar-refractivity contribution is -0.140. The molecule has 41 heavy (non-hydrogen) atoms. The SMILES string of the molecule is CCN(C=O)c1ccc(NCC#Cc2cc3c(NC4CCN(C(C)C)CC4)cccc3n2CC(F)(F)F)c(OC)c1. The molecule has 0 aliphatic carbocycles. The quantitative estimate of drug-likeness (QED) is 0.234. The molecular formula is C31H38F3N5O2. The zero-order valence-corrected chi connectivity index (χ0v) is 24.0. The smallest absolute Gasteiger partial charge is 0.406 e. The van der Waals surface area contributed by atoms with Crippen molar-refractivity contribution in [2.45, 2.75) is 58.4 Å². The topological polar surface area (TPSA) is 61.8 Å². The van der Waals surface area contributed by atoms with Gasteiger partial charge in [0.15, 0.2) is 0 Å². The molecule has 0 atom stereocenters. The molecule has 1 aliphatic rings. The number of likely N-dealkylation sites (tertiary alicyclic amines) is 1. The van der Waals surface area contributed by atoms with Crippen LogP contribution in [0.3, 0.4) is 0 Å². The minimum Gasteiger partial charge on any atom is -0.495 e. The summed E-state index contributed by atoms with van der Waals surface area (Å²) in [6.45, 7) is 7.83. The van der Waals surface area contributed by atoms with Crippen LogP contribution < -0.4 is 20.3 Å².